The van der Waals surface area contributed by atoms with Crippen molar-refractivity contribution in [3.8, 4) is 5.75 Å². The van der Waals surface area contributed by atoms with Crippen LogP contribution in [-0.4, -0.2) is 28.0 Å². The molecule has 0 aliphatic carbocycles. The van der Waals surface area contributed by atoms with Crippen LogP contribution in [0.5, 0.6) is 5.75 Å². The molecule has 0 aromatic heterocycles. The van der Waals surface area contributed by atoms with Crippen molar-refractivity contribution in [1.82, 2.24) is 5.32 Å². The van der Waals surface area contributed by atoms with Crippen molar-refractivity contribution < 1.29 is 22.3 Å². The quantitative estimate of drug-likeness (QED) is 0.719. The minimum atomic E-state index is -4.20. The summed E-state index contributed by atoms with van der Waals surface area (Å²) in [5.41, 5.74) is 0.331. The number of carbonyl (C=O) groups is 1. The molecular formula is C19H23FN2O4S. The van der Waals surface area contributed by atoms with Crippen LogP contribution in [0.1, 0.15) is 30.6 Å². The number of benzene rings is 2. The maximum atomic E-state index is 14.1. The van der Waals surface area contributed by atoms with Crippen LogP contribution in [0.2, 0.25) is 0 Å². The zero-order valence-corrected chi connectivity index (χ0v) is 16.3. The minimum Gasteiger partial charge on any atom is -0.497 e. The van der Waals surface area contributed by atoms with E-state index in [1.165, 1.54) is 25.3 Å². The van der Waals surface area contributed by atoms with Crippen LogP contribution in [0.25, 0.3) is 0 Å². The lowest BCUT2D eigenvalue weighted by Crippen LogP contribution is -2.26. The Morgan fingerprint density at radius 1 is 1.15 bits per heavy atom. The molecule has 0 radical (unpaired) electrons. The molecule has 0 saturated heterocycles. The van der Waals surface area contributed by atoms with Crippen LogP contribution in [0.4, 0.5) is 10.1 Å². The second-order valence-electron chi connectivity index (χ2n) is 6.42. The smallest absolute Gasteiger partial charge is 0.264 e. The number of anilines is 1. The Balaban J connectivity index is 2.21. The second-order valence-corrected chi connectivity index (χ2v) is 8.07. The lowest BCUT2D eigenvalue weighted by Gasteiger charge is -2.11. The van der Waals surface area contributed by atoms with Gasteiger partial charge in [0.15, 0.2) is 0 Å². The van der Waals surface area contributed by atoms with E-state index >= 15 is 0 Å². The Bertz CT molecular complexity index is 896. The van der Waals surface area contributed by atoms with Gasteiger partial charge in [0.2, 0.25) is 0 Å². The maximum Gasteiger partial charge on any atom is 0.264 e. The zero-order chi connectivity index (χ0) is 20.0. The predicted octanol–water partition coefficient (Wildman–Crippen LogP) is 3.41. The van der Waals surface area contributed by atoms with E-state index in [2.05, 4.69) is 10.0 Å². The first-order valence-electron chi connectivity index (χ1n) is 8.47. The summed E-state index contributed by atoms with van der Waals surface area (Å²) < 4.78 is 46.5. The van der Waals surface area contributed by atoms with Crippen molar-refractivity contribution in [3.63, 3.8) is 0 Å². The summed E-state index contributed by atoms with van der Waals surface area (Å²) in [7, 11) is -2.71. The number of amides is 1. The highest BCUT2D eigenvalue weighted by Crippen LogP contribution is 2.22. The molecule has 146 valence electrons. The third kappa shape index (κ3) is 5.68. The van der Waals surface area contributed by atoms with Gasteiger partial charge in [-0.05, 0) is 54.8 Å². The average Bonchev–Trinajstić information content (AvgIpc) is 2.61. The Labute approximate surface area is 158 Å². The summed E-state index contributed by atoms with van der Waals surface area (Å²) in [6.07, 6.45) is 0.789. The fraction of sp³-hybridized carbons (Fsp3) is 0.316. The van der Waals surface area contributed by atoms with Gasteiger partial charge in [-0.3, -0.25) is 9.52 Å². The van der Waals surface area contributed by atoms with E-state index in [1.807, 2.05) is 13.8 Å². The normalized spacial score (nSPS) is 11.3. The Morgan fingerprint density at radius 2 is 1.81 bits per heavy atom. The van der Waals surface area contributed by atoms with Gasteiger partial charge in [-0.1, -0.05) is 13.8 Å². The number of hydrogen-bond acceptors (Lipinski definition) is 4. The molecule has 2 aromatic rings. The van der Waals surface area contributed by atoms with E-state index in [0.29, 0.717) is 18.2 Å². The first kappa shape index (κ1) is 20.7. The lowest BCUT2D eigenvalue weighted by molar-refractivity contribution is 0.0951. The van der Waals surface area contributed by atoms with Gasteiger partial charge in [-0.2, -0.15) is 0 Å². The van der Waals surface area contributed by atoms with Crippen molar-refractivity contribution in [2.75, 3.05) is 18.4 Å². The second kappa shape index (κ2) is 8.85. The van der Waals surface area contributed by atoms with Crippen LogP contribution in [0, 0.1) is 11.7 Å². The van der Waals surface area contributed by atoms with E-state index < -0.39 is 26.6 Å². The third-order valence-corrected chi connectivity index (χ3v) is 5.23. The fourth-order valence-corrected chi connectivity index (χ4v) is 3.46. The molecule has 1 amide bonds. The van der Waals surface area contributed by atoms with Gasteiger partial charge in [0, 0.05) is 17.8 Å². The average molecular weight is 394 g/mol. The zero-order valence-electron chi connectivity index (χ0n) is 15.5. The molecule has 27 heavy (non-hydrogen) atoms. The number of halogens is 1. The van der Waals surface area contributed by atoms with E-state index in [9.17, 15) is 17.6 Å². The van der Waals surface area contributed by atoms with E-state index in [0.717, 1.165) is 18.6 Å². The van der Waals surface area contributed by atoms with Gasteiger partial charge >= 0.3 is 0 Å². The molecule has 0 bridgehead atoms. The number of ether oxygens (including phenoxy) is 1. The Kier molecular flexibility index (Phi) is 6.79. The van der Waals surface area contributed by atoms with E-state index in [1.54, 1.807) is 12.1 Å². The maximum absolute atomic E-state index is 14.1. The van der Waals surface area contributed by atoms with Gasteiger partial charge in [0.05, 0.1) is 7.11 Å². The highest BCUT2D eigenvalue weighted by molar-refractivity contribution is 7.92. The summed E-state index contributed by atoms with van der Waals surface area (Å²) in [6, 6.07) is 9.41. The standard InChI is InChI=1S/C19H23FN2O4S/c1-13(2)10-11-21-19(23)14-4-9-17(20)18(12-14)27(24,25)22-15-5-7-16(26-3)8-6-15/h4-9,12-13,22H,10-11H2,1-3H3,(H,21,23). The van der Waals surface area contributed by atoms with Crippen molar-refractivity contribution in [3.05, 3.63) is 53.8 Å². The van der Waals surface area contributed by atoms with Crippen LogP contribution >= 0.6 is 0 Å². The molecule has 0 fully saturated rings. The molecule has 2 rings (SSSR count). The molecule has 0 atom stereocenters. The molecule has 0 aliphatic rings. The van der Waals surface area contributed by atoms with Crippen molar-refractivity contribution >= 4 is 21.6 Å². The molecule has 0 unspecified atom stereocenters. The Morgan fingerprint density at radius 3 is 2.41 bits per heavy atom. The van der Waals surface area contributed by atoms with Crippen LogP contribution in [-0.2, 0) is 10.0 Å². The molecule has 0 spiro atoms. The summed E-state index contributed by atoms with van der Waals surface area (Å²) in [5.74, 6) is -0.404. The third-order valence-electron chi connectivity index (χ3n) is 3.83. The van der Waals surface area contributed by atoms with Crippen LogP contribution < -0.4 is 14.8 Å². The summed E-state index contributed by atoms with van der Waals surface area (Å²) in [4.78, 5) is 11.6. The number of carbonyl (C=O) groups excluding carboxylic acids is 1. The van der Waals surface area contributed by atoms with Gasteiger partial charge in [0.25, 0.3) is 15.9 Å². The molecular weight excluding hydrogens is 371 g/mol. The highest BCUT2D eigenvalue weighted by Gasteiger charge is 2.21. The number of sulfonamides is 1. The lowest BCUT2D eigenvalue weighted by atomic mass is 10.1. The largest absolute Gasteiger partial charge is 0.497 e. The van der Waals surface area contributed by atoms with Gasteiger partial charge in [0.1, 0.15) is 16.5 Å². The van der Waals surface area contributed by atoms with Crippen LogP contribution in [0.3, 0.4) is 0 Å². The molecule has 8 heteroatoms. The fourth-order valence-electron chi connectivity index (χ4n) is 2.30. The molecule has 2 N–H and O–H groups in total. The topological polar surface area (TPSA) is 84.5 Å². The number of hydrogen-bond donors (Lipinski definition) is 2. The van der Waals surface area contributed by atoms with Crippen LogP contribution in [0.15, 0.2) is 47.4 Å². The highest BCUT2D eigenvalue weighted by atomic mass is 32.2. The monoisotopic (exact) mass is 394 g/mol. The molecule has 6 nitrogen and oxygen atoms in total. The van der Waals surface area contributed by atoms with Gasteiger partial charge in [-0.15, -0.1) is 0 Å². The molecule has 0 saturated carbocycles. The summed E-state index contributed by atoms with van der Waals surface area (Å²) in [6.45, 7) is 4.51. The van der Waals surface area contributed by atoms with Crippen molar-refractivity contribution in [2.24, 2.45) is 5.92 Å². The summed E-state index contributed by atoms with van der Waals surface area (Å²) in [5, 5.41) is 2.70. The Hall–Kier alpha value is -2.61. The number of methoxy groups -OCH3 is 1. The minimum absolute atomic E-state index is 0.0789. The molecule has 0 heterocycles. The van der Waals surface area contributed by atoms with E-state index in [4.69, 9.17) is 4.74 Å². The molecule has 0 aliphatic heterocycles. The SMILES string of the molecule is COc1ccc(NS(=O)(=O)c2cc(C(=O)NCCC(C)C)ccc2F)cc1. The van der Waals surface area contributed by atoms with Crippen molar-refractivity contribution in [1.29, 1.82) is 0 Å². The number of nitrogens with one attached hydrogen (secondary N) is 2. The number of rotatable bonds is 8. The summed E-state index contributed by atoms with van der Waals surface area (Å²) >= 11 is 0. The first-order valence-corrected chi connectivity index (χ1v) is 9.96. The van der Waals surface area contributed by atoms with Gasteiger partial charge < -0.3 is 10.1 Å². The van der Waals surface area contributed by atoms with Crippen molar-refractivity contribution in [2.45, 2.75) is 25.2 Å². The first-order chi connectivity index (χ1) is 12.7. The van der Waals surface area contributed by atoms with E-state index in [-0.39, 0.29) is 11.3 Å². The van der Waals surface area contributed by atoms with Gasteiger partial charge in [-0.25, -0.2) is 12.8 Å². The molecule has 2 aromatic carbocycles. The predicted molar refractivity (Wildman–Crippen MR) is 102 cm³/mol.